The van der Waals surface area contributed by atoms with Gasteiger partial charge < -0.3 is 20.3 Å². The van der Waals surface area contributed by atoms with E-state index in [0.717, 1.165) is 0 Å². The highest BCUT2D eigenvalue weighted by Gasteiger charge is 2.08. The van der Waals surface area contributed by atoms with Gasteiger partial charge in [0.15, 0.2) is 11.5 Å². The van der Waals surface area contributed by atoms with E-state index in [1.54, 1.807) is 18.2 Å². The molecule has 1 aromatic rings. The first-order valence-electron chi connectivity index (χ1n) is 5.70. The number of primary amides is 1. The molecule has 0 aliphatic carbocycles. The number of hydroxylamine groups is 1. The van der Waals surface area contributed by atoms with E-state index < -0.39 is 12.0 Å². The number of aliphatic hydroxyl groups is 1. The van der Waals surface area contributed by atoms with Gasteiger partial charge in [0.25, 0.3) is 0 Å². The maximum atomic E-state index is 10.4. The molecule has 0 heterocycles. The van der Waals surface area contributed by atoms with E-state index in [0.29, 0.717) is 11.5 Å². The lowest BCUT2D eigenvalue weighted by atomic mass is 10.3. The van der Waals surface area contributed by atoms with Gasteiger partial charge in [0.2, 0.25) is 5.91 Å². The predicted octanol–water partition coefficient (Wildman–Crippen LogP) is -0.559. The molecule has 7 nitrogen and oxygen atoms in total. The Bertz CT molecular complexity index is 399. The number of rotatable bonds is 9. The summed E-state index contributed by atoms with van der Waals surface area (Å²) in [7, 11) is 1.54. The number of para-hydroxylation sites is 2. The first-order chi connectivity index (χ1) is 9.13. The van der Waals surface area contributed by atoms with Gasteiger partial charge in [-0.15, -0.1) is 0 Å². The van der Waals surface area contributed by atoms with Gasteiger partial charge in [-0.05, 0) is 12.1 Å². The van der Waals surface area contributed by atoms with Crippen molar-refractivity contribution in [2.24, 2.45) is 5.73 Å². The number of aliphatic hydroxyl groups excluding tert-OH is 1. The minimum absolute atomic E-state index is 0.0628. The topological polar surface area (TPSA) is 103 Å². The molecule has 1 atom stereocenters. The quantitative estimate of drug-likeness (QED) is 0.410. The molecule has 1 amide bonds. The van der Waals surface area contributed by atoms with Crippen molar-refractivity contribution in [2.45, 2.75) is 6.10 Å². The van der Waals surface area contributed by atoms with Crippen molar-refractivity contribution < 1.29 is 24.2 Å². The molecule has 0 radical (unpaired) electrons. The van der Waals surface area contributed by atoms with Crippen LogP contribution < -0.4 is 20.7 Å². The lowest BCUT2D eigenvalue weighted by Crippen LogP contribution is -2.33. The number of carbonyl (C=O) groups is 1. The Morgan fingerprint density at radius 1 is 1.42 bits per heavy atom. The van der Waals surface area contributed by atoms with Crippen molar-refractivity contribution in [1.29, 1.82) is 0 Å². The number of ether oxygens (including phenoxy) is 2. The lowest BCUT2D eigenvalue weighted by molar-refractivity contribution is -0.125. The van der Waals surface area contributed by atoms with E-state index in [1.807, 2.05) is 6.07 Å². The lowest BCUT2D eigenvalue weighted by Gasteiger charge is -2.14. The zero-order valence-electron chi connectivity index (χ0n) is 10.7. The van der Waals surface area contributed by atoms with Gasteiger partial charge in [0, 0.05) is 0 Å². The van der Waals surface area contributed by atoms with Crippen LogP contribution in [0.5, 0.6) is 11.5 Å². The molecule has 7 heteroatoms. The summed E-state index contributed by atoms with van der Waals surface area (Å²) in [6.45, 7) is -0.0736. The highest BCUT2D eigenvalue weighted by Crippen LogP contribution is 2.25. The average Bonchev–Trinajstić information content (AvgIpc) is 2.41. The van der Waals surface area contributed by atoms with Crippen molar-refractivity contribution in [3.8, 4) is 11.5 Å². The van der Waals surface area contributed by atoms with Gasteiger partial charge in [-0.2, -0.15) is 5.48 Å². The van der Waals surface area contributed by atoms with Crippen LogP contribution in [0.1, 0.15) is 0 Å². The Hall–Kier alpha value is -1.83. The Balaban J connectivity index is 2.26. The van der Waals surface area contributed by atoms with E-state index in [4.69, 9.17) is 20.0 Å². The molecule has 0 saturated carbocycles. The molecule has 0 aliphatic rings. The summed E-state index contributed by atoms with van der Waals surface area (Å²) in [5, 5.41) is 9.61. The fourth-order valence-electron chi connectivity index (χ4n) is 1.26. The molecular formula is C12H18N2O5. The maximum absolute atomic E-state index is 10.4. The third kappa shape index (κ3) is 6.05. The summed E-state index contributed by atoms with van der Waals surface area (Å²) in [6, 6.07) is 7.12. The Morgan fingerprint density at radius 3 is 2.74 bits per heavy atom. The number of carbonyl (C=O) groups excluding carboxylic acids is 1. The number of hydrogen-bond donors (Lipinski definition) is 3. The Kier molecular flexibility index (Phi) is 6.65. The third-order valence-electron chi connectivity index (χ3n) is 2.14. The van der Waals surface area contributed by atoms with Gasteiger partial charge in [0.1, 0.15) is 19.3 Å². The fourth-order valence-corrected chi connectivity index (χ4v) is 1.26. The molecule has 0 aliphatic heterocycles. The minimum atomic E-state index is -0.794. The van der Waals surface area contributed by atoms with Crippen LogP contribution in [0.3, 0.4) is 0 Å². The number of hydrogen-bond acceptors (Lipinski definition) is 6. The van der Waals surface area contributed by atoms with Crippen molar-refractivity contribution in [2.75, 3.05) is 26.9 Å². The molecule has 1 aromatic carbocycles. The smallest absolute Gasteiger partial charge is 0.245 e. The molecule has 0 spiro atoms. The first-order valence-corrected chi connectivity index (χ1v) is 5.70. The van der Waals surface area contributed by atoms with E-state index in [9.17, 15) is 9.90 Å². The summed E-state index contributed by atoms with van der Waals surface area (Å²) in [5.41, 5.74) is 7.29. The largest absolute Gasteiger partial charge is 0.493 e. The number of nitrogens with one attached hydrogen (secondary N) is 1. The van der Waals surface area contributed by atoms with Crippen LogP contribution in [0.15, 0.2) is 24.3 Å². The summed E-state index contributed by atoms with van der Waals surface area (Å²) >= 11 is 0. The molecule has 4 N–H and O–H groups in total. The second-order valence-electron chi connectivity index (χ2n) is 3.72. The molecule has 1 unspecified atom stereocenters. The standard InChI is InChI=1S/C12H18N2O5/c1-17-10-4-2-3-5-11(10)18-7-9(15)6-14-19-8-12(13)16/h2-5,9,14-15H,6-8H2,1H3,(H2,13,16). The second-order valence-corrected chi connectivity index (χ2v) is 3.72. The van der Waals surface area contributed by atoms with Gasteiger partial charge in [-0.1, -0.05) is 12.1 Å². The molecule has 0 bridgehead atoms. The van der Waals surface area contributed by atoms with Crippen LogP contribution in [0.25, 0.3) is 0 Å². The van der Waals surface area contributed by atoms with Crippen molar-refractivity contribution in [3.05, 3.63) is 24.3 Å². The molecule has 1 rings (SSSR count). The van der Waals surface area contributed by atoms with Crippen LogP contribution in [0.2, 0.25) is 0 Å². The van der Waals surface area contributed by atoms with Gasteiger partial charge >= 0.3 is 0 Å². The highest BCUT2D eigenvalue weighted by molar-refractivity contribution is 5.74. The summed E-state index contributed by atoms with van der Waals surface area (Å²) in [6.07, 6.45) is -0.794. The number of benzene rings is 1. The van der Waals surface area contributed by atoms with E-state index in [1.165, 1.54) is 7.11 Å². The zero-order chi connectivity index (χ0) is 14.1. The normalized spacial score (nSPS) is 11.9. The number of nitrogens with two attached hydrogens (primary N) is 1. The van der Waals surface area contributed by atoms with E-state index in [2.05, 4.69) is 5.48 Å². The van der Waals surface area contributed by atoms with Crippen molar-refractivity contribution in [3.63, 3.8) is 0 Å². The van der Waals surface area contributed by atoms with Gasteiger partial charge in [0.05, 0.1) is 13.7 Å². The second kappa shape index (κ2) is 8.30. The average molecular weight is 270 g/mol. The molecule has 0 saturated heterocycles. The van der Waals surface area contributed by atoms with E-state index >= 15 is 0 Å². The van der Waals surface area contributed by atoms with Crippen LogP contribution in [0.4, 0.5) is 0 Å². The maximum Gasteiger partial charge on any atom is 0.245 e. The first kappa shape index (κ1) is 15.2. The van der Waals surface area contributed by atoms with Crippen LogP contribution in [-0.2, 0) is 9.63 Å². The zero-order valence-corrected chi connectivity index (χ0v) is 10.7. The number of methoxy groups -OCH3 is 1. The molecule has 0 fully saturated rings. The minimum Gasteiger partial charge on any atom is -0.493 e. The predicted molar refractivity (Wildman–Crippen MR) is 67.6 cm³/mol. The van der Waals surface area contributed by atoms with Gasteiger partial charge in [-0.3, -0.25) is 9.63 Å². The highest BCUT2D eigenvalue weighted by atomic mass is 16.6. The summed E-state index contributed by atoms with van der Waals surface area (Å²) in [4.78, 5) is 15.1. The van der Waals surface area contributed by atoms with Crippen molar-refractivity contribution in [1.82, 2.24) is 5.48 Å². The summed E-state index contributed by atoms with van der Waals surface area (Å²) in [5.74, 6) is 0.544. The molecule has 0 aromatic heterocycles. The monoisotopic (exact) mass is 270 g/mol. The van der Waals surface area contributed by atoms with Crippen LogP contribution in [0, 0.1) is 0 Å². The molecular weight excluding hydrogens is 252 g/mol. The van der Waals surface area contributed by atoms with Crippen LogP contribution in [-0.4, -0.2) is 44.0 Å². The van der Waals surface area contributed by atoms with Crippen molar-refractivity contribution >= 4 is 5.91 Å². The Morgan fingerprint density at radius 2 is 2.11 bits per heavy atom. The molecule has 106 valence electrons. The molecule has 19 heavy (non-hydrogen) atoms. The summed E-state index contributed by atoms with van der Waals surface area (Å²) < 4.78 is 10.5. The Labute approximate surface area is 111 Å². The SMILES string of the molecule is COc1ccccc1OCC(O)CNOCC(N)=O. The fraction of sp³-hybridized carbons (Fsp3) is 0.417. The third-order valence-corrected chi connectivity index (χ3v) is 2.14. The number of amides is 1. The van der Waals surface area contributed by atoms with Crippen LogP contribution >= 0.6 is 0 Å². The van der Waals surface area contributed by atoms with Gasteiger partial charge in [-0.25, -0.2) is 0 Å². The van der Waals surface area contributed by atoms with E-state index in [-0.39, 0.29) is 19.8 Å².